The zero-order valence-corrected chi connectivity index (χ0v) is 17.5. The van der Waals surface area contributed by atoms with Crippen LogP contribution in [-0.4, -0.2) is 38.3 Å². The van der Waals surface area contributed by atoms with Gasteiger partial charge < -0.3 is 29.1 Å². The third-order valence-corrected chi connectivity index (χ3v) is 5.09. The van der Waals surface area contributed by atoms with E-state index in [-0.39, 0.29) is 30.3 Å². The molecule has 9 nitrogen and oxygen atoms in total. The molecule has 2 N–H and O–H groups in total. The predicted molar refractivity (Wildman–Crippen MR) is 113 cm³/mol. The molecular formula is C23H21NO8. The monoisotopic (exact) mass is 439 g/mol. The lowest BCUT2D eigenvalue weighted by molar-refractivity contribution is -0.151. The van der Waals surface area contributed by atoms with Gasteiger partial charge in [0, 0.05) is 0 Å². The van der Waals surface area contributed by atoms with Crippen LogP contribution in [0.4, 0.5) is 0 Å². The number of carbonyl (C=O) groups is 2. The molecule has 0 aliphatic carbocycles. The van der Waals surface area contributed by atoms with Crippen LogP contribution in [0.2, 0.25) is 0 Å². The second-order valence-corrected chi connectivity index (χ2v) is 7.06. The van der Waals surface area contributed by atoms with Crippen LogP contribution in [-0.2, 0) is 14.3 Å². The van der Waals surface area contributed by atoms with E-state index in [1.165, 1.54) is 7.11 Å². The molecule has 1 aromatic heterocycles. The molecular weight excluding hydrogens is 418 g/mol. The summed E-state index contributed by atoms with van der Waals surface area (Å²) in [6, 6.07) is 11.8. The number of carbonyl (C=O) groups excluding carboxylic acids is 2. The average molecular weight is 439 g/mol. The van der Waals surface area contributed by atoms with Crippen molar-refractivity contribution in [2.24, 2.45) is 5.73 Å². The number of methoxy groups -OCH3 is 1. The van der Waals surface area contributed by atoms with Gasteiger partial charge in [-0.2, -0.15) is 0 Å². The first-order valence-corrected chi connectivity index (χ1v) is 9.92. The second-order valence-electron chi connectivity index (χ2n) is 7.06. The Morgan fingerprint density at radius 1 is 1.12 bits per heavy atom. The Morgan fingerprint density at radius 3 is 2.62 bits per heavy atom. The molecule has 166 valence electrons. The van der Waals surface area contributed by atoms with Gasteiger partial charge in [0.2, 0.25) is 6.10 Å². The number of hydrogen-bond donors (Lipinski definition) is 1. The van der Waals surface area contributed by atoms with Gasteiger partial charge in [0.25, 0.3) is 5.91 Å². The molecule has 9 heteroatoms. The normalized spacial score (nSPS) is 16.8. The van der Waals surface area contributed by atoms with Gasteiger partial charge in [0.1, 0.15) is 11.3 Å². The number of primary amides is 1. The number of amides is 1. The fourth-order valence-electron chi connectivity index (χ4n) is 3.77. The van der Waals surface area contributed by atoms with Crippen LogP contribution in [0.3, 0.4) is 0 Å². The maximum absolute atomic E-state index is 12.9. The molecule has 1 aliphatic heterocycles. The maximum atomic E-state index is 12.9. The van der Waals surface area contributed by atoms with Gasteiger partial charge in [-0.05, 0) is 36.8 Å². The Morgan fingerprint density at radius 2 is 1.91 bits per heavy atom. The summed E-state index contributed by atoms with van der Waals surface area (Å²) in [6.45, 7) is 1.51. The van der Waals surface area contributed by atoms with Crippen molar-refractivity contribution >= 4 is 22.8 Å². The Hall–Kier alpha value is -4.01. The van der Waals surface area contributed by atoms with Crippen molar-refractivity contribution in [2.75, 3.05) is 20.3 Å². The van der Waals surface area contributed by atoms with Crippen molar-refractivity contribution in [1.29, 1.82) is 0 Å². The molecule has 3 aromatic rings. The van der Waals surface area contributed by atoms with Crippen molar-refractivity contribution < 1.29 is 33.0 Å². The highest BCUT2D eigenvalue weighted by atomic mass is 16.6. The van der Waals surface area contributed by atoms with Crippen LogP contribution in [0.1, 0.15) is 24.0 Å². The molecule has 2 unspecified atom stereocenters. The van der Waals surface area contributed by atoms with Crippen LogP contribution in [0.15, 0.2) is 51.7 Å². The molecule has 2 atom stereocenters. The van der Waals surface area contributed by atoms with Crippen LogP contribution >= 0.6 is 0 Å². The van der Waals surface area contributed by atoms with Gasteiger partial charge in [-0.15, -0.1) is 0 Å². The molecule has 0 radical (unpaired) electrons. The molecule has 0 saturated heterocycles. The van der Waals surface area contributed by atoms with Crippen molar-refractivity contribution in [3.8, 4) is 17.2 Å². The van der Waals surface area contributed by atoms with Gasteiger partial charge in [-0.1, -0.05) is 18.2 Å². The van der Waals surface area contributed by atoms with E-state index in [1.54, 1.807) is 49.4 Å². The molecule has 0 spiro atoms. The number of ether oxygens (including phenoxy) is 4. The SMILES string of the molecule is CCOC(=O)C1Oc2c(c(=O)oc3ccccc23)C1c1ccc(OCC(N)=O)c(OC)c1. The summed E-state index contributed by atoms with van der Waals surface area (Å²) in [6.07, 6.45) is -1.10. The Balaban J connectivity index is 1.86. The lowest BCUT2D eigenvalue weighted by atomic mass is 9.88. The van der Waals surface area contributed by atoms with E-state index in [9.17, 15) is 14.4 Å². The first-order valence-electron chi connectivity index (χ1n) is 9.92. The number of esters is 1. The molecule has 32 heavy (non-hydrogen) atoms. The van der Waals surface area contributed by atoms with Crippen LogP contribution in [0.5, 0.6) is 17.2 Å². The molecule has 2 aromatic carbocycles. The predicted octanol–water partition coefficient (Wildman–Crippen LogP) is 2.12. The molecule has 1 amide bonds. The molecule has 4 rings (SSSR count). The average Bonchev–Trinajstić information content (AvgIpc) is 3.19. The Bertz CT molecular complexity index is 1250. The number of fused-ring (bicyclic) bond motifs is 3. The van der Waals surface area contributed by atoms with E-state index in [4.69, 9.17) is 29.1 Å². The van der Waals surface area contributed by atoms with Gasteiger partial charge in [-0.25, -0.2) is 9.59 Å². The minimum atomic E-state index is -1.10. The summed E-state index contributed by atoms with van der Waals surface area (Å²) in [7, 11) is 1.43. The summed E-state index contributed by atoms with van der Waals surface area (Å²) in [5.74, 6) is -1.18. The van der Waals surface area contributed by atoms with Gasteiger partial charge in [0.05, 0.1) is 30.6 Å². The molecule has 2 heterocycles. The molecule has 0 fully saturated rings. The number of rotatable bonds is 7. The third-order valence-electron chi connectivity index (χ3n) is 5.09. The Labute approximate surface area is 182 Å². The third kappa shape index (κ3) is 3.73. The highest BCUT2D eigenvalue weighted by Gasteiger charge is 2.45. The van der Waals surface area contributed by atoms with Crippen LogP contribution < -0.4 is 25.6 Å². The molecule has 0 bridgehead atoms. The van der Waals surface area contributed by atoms with E-state index in [0.29, 0.717) is 22.3 Å². The fourth-order valence-corrected chi connectivity index (χ4v) is 3.77. The fraction of sp³-hybridized carbons (Fsp3) is 0.261. The maximum Gasteiger partial charge on any atom is 0.348 e. The summed E-state index contributed by atoms with van der Waals surface area (Å²) in [5.41, 5.74) is 5.65. The lowest BCUT2D eigenvalue weighted by Gasteiger charge is -2.19. The van der Waals surface area contributed by atoms with E-state index in [1.807, 2.05) is 0 Å². The summed E-state index contributed by atoms with van der Waals surface area (Å²) < 4.78 is 27.4. The minimum absolute atomic E-state index is 0.153. The first-order chi connectivity index (χ1) is 15.4. The largest absolute Gasteiger partial charge is 0.493 e. The zero-order valence-electron chi connectivity index (χ0n) is 17.5. The summed E-state index contributed by atoms with van der Waals surface area (Å²) >= 11 is 0. The summed E-state index contributed by atoms with van der Waals surface area (Å²) in [5, 5.41) is 0.576. The van der Waals surface area contributed by atoms with E-state index >= 15 is 0 Å². The van der Waals surface area contributed by atoms with Crippen molar-refractivity contribution in [3.05, 3.63) is 64.0 Å². The molecule has 1 aliphatic rings. The Kier molecular flexibility index (Phi) is 5.72. The number of benzene rings is 2. The van der Waals surface area contributed by atoms with Gasteiger partial charge in [0.15, 0.2) is 18.1 Å². The van der Waals surface area contributed by atoms with Crippen molar-refractivity contribution in [1.82, 2.24) is 0 Å². The number of nitrogens with two attached hydrogens (primary N) is 1. The van der Waals surface area contributed by atoms with Crippen molar-refractivity contribution in [2.45, 2.75) is 18.9 Å². The lowest BCUT2D eigenvalue weighted by Crippen LogP contribution is -2.32. The zero-order chi connectivity index (χ0) is 22.8. The van der Waals surface area contributed by atoms with Crippen LogP contribution in [0.25, 0.3) is 11.0 Å². The summed E-state index contributed by atoms with van der Waals surface area (Å²) in [4.78, 5) is 36.7. The minimum Gasteiger partial charge on any atom is -0.493 e. The smallest absolute Gasteiger partial charge is 0.348 e. The quantitative estimate of drug-likeness (QED) is 0.438. The van der Waals surface area contributed by atoms with Gasteiger partial charge >= 0.3 is 11.6 Å². The van der Waals surface area contributed by atoms with E-state index < -0.39 is 29.5 Å². The number of para-hydroxylation sites is 1. The molecule has 0 saturated carbocycles. The highest BCUT2D eigenvalue weighted by Crippen LogP contribution is 2.46. The standard InChI is InChI=1S/C23H21NO8/c1-3-29-23(27)21-18(12-8-9-15(16(10-12)28-2)30-11-17(24)25)19-20(32-21)13-6-4-5-7-14(13)31-22(19)26/h4-10,18,21H,3,11H2,1-2H3,(H2,24,25). The van der Waals surface area contributed by atoms with Gasteiger partial charge in [-0.3, -0.25) is 4.79 Å². The van der Waals surface area contributed by atoms with Crippen LogP contribution in [0, 0.1) is 0 Å². The number of hydrogen-bond acceptors (Lipinski definition) is 8. The van der Waals surface area contributed by atoms with E-state index in [0.717, 1.165) is 0 Å². The van der Waals surface area contributed by atoms with E-state index in [2.05, 4.69) is 0 Å². The second kappa shape index (κ2) is 8.62. The first kappa shape index (κ1) is 21.2. The van der Waals surface area contributed by atoms with Crippen molar-refractivity contribution in [3.63, 3.8) is 0 Å². The highest BCUT2D eigenvalue weighted by molar-refractivity contribution is 5.88. The topological polar surface area (TPSA) is 127 Å².